The third-order valence-corrected chi connectivity index (χ3v) is 3.27. The molecule has 0 aliphatic heterocycles. The van der Waals surface area contributed by atoms with E-state index in [4.69, 9.17) is 16.3 Å². The summed E-state index contributed by atoms with van der Waals surface area (Å²) in [5.41, 5.74) is 1.98. The Labute approximate surface area is 123 Å². The summed E-state index contributed by atoms with van der Waals surface area (Å²) in [7, 11) is 1.53. The van der Waals surface area contributed by atoms with Crippen molar-refractivity contribution in [2.45, 2.75) is 19.4 Å². The number of halogens is 2. The molecule has 0 aromatic heterocycles. The van der Waals surface area contributed by atoms with Crippen LogP contribution in [0.4, 0.5) is 10.1 Å². The summed E-state index contributed by atoms with van der Waals surface area (Å²) < 4.78 is 18.3. The van der Waals surface area contributed by atoms with Crippen LogP contribution in [0.1, 0.15) is 12.5 Å². The second-order valence-electron chi connectivity index (χ2n) is 4.72. The molecule has 0 aliphatic rings. The Balaban J connectivity index is 2.04. The van der Waals surface area contributed by atoms with Crippen LogP contribution in [0, 0.1) is 5.82 Å². The molecule has 1 atom stereocenters. The fraction of sp³-hybridized carbons (Fsp3) is 0.250. The van der Waals surface area contributed by atoms with Crippen molar-refractivity contribution in [1.82, 2.24) is 0 Å². The largest absolute Gasteiger partial charge is 0.494 e. The van der Waals surface area contributed by atoms with Gasteiger partial charge < -0.3 is 10.1 Å². The molecule has 0 bridgehead atoms. The van der Waals surface area contributed by atoms with E-state index in [0.717, 1.165) is 17.1 Å². The van der Waals surface area contributed by atoms with Gasteiger partial charge >= 0.3 is 0 Å². The standard InChI is InChI=1S/C16H17ClFNO/c1-11(9-12-3-5-13(17)6-4-12)19-15-8-7-14(18)10-16(15)20-2/h3-8,10-11,19H,9H2,1-2H3. The van der Waals surface area contributed by atoms with Crippen LogP contribution >= 0.6 is 11.6 Å². The van der Waals surface area contributed by atoms with Crippen molar-refractivity contribution >= 4 is 17.3 Å². The number of hydrogen-bond donors (Lipinski definition) is 1. The molecule has 2 aromatic rings. The first-order valence-electron chi connectivity index (χ1n) is 6.43. The van der Waals surface area contributed by atoms with E-state index in [0.29, 0.717) is 5.75 Å². The highest BCUT2D eigenvalue weighted by atomic mass is 35.5. The van der Waals surface area contributed by atoms with Crippen molar-refractivity contribution in [2.75, 3.05) is 12.4 Å². The molecule has 0 radical (unpaired) electrons. The molecule has 0 saturated heterocycles. The Bertz CT molecular complexity index is 571. The van der Waals surface area contributed by atoms with Gasteiger partial charge in [0, 0.05) is 17.1 Å². The lowest BCUT2D eigenvalue weighted by molar-refractivity contribution is 0.412. The Morgan fingerprint density at radius 3 is 2.55 bits per heavy atom. The maximum absolute atomic E-state index is 13.1. The number of anilines is 1. The highest BCUT2D eigenvalue weighted by Crippen LogP contribution is 2.26. The summed E-state index contributed by atoms with van der Waals surface area (Å²) in [5, 5.41) is 4.06. The van der Waals surface area contributed by atoms with Crippen molar-refractivity contribution in [1.29, 1.82) is 0 Å². The minimum absolute atomic E-state index is 0.190. The molecule has 2 rings (SSSR count). The number of nitrogens with one attached hydrogen (secondary N) is 1. The lowest BCUT2D eigenvalue weighted by atomic mass is 10.1. The highest BCUT2D eigenvalue weighted by molar-refractivity contribution is 6.30. The Hall–Kier alpha value is -1.74. The van der Waals surface area contributed by atoms with Crippen molar-refractivity contribution in [2.24, 2.45) is 0 Å². The van der Waals surface area contributed by atoms with E-state index >= 15 is 0 Å². The SMILES string of the molecule is COc1cc(F)ccc1NC(C)Cc1ccc(Cl)cc1. The first kappa shape index (κ1) is 14.7. The summed E-state index contributed by atoms with van der Waals surface area (Å²) in [6, 6.07) is 12.4. The van der Waals surface area contributed by atoms with Crippen LogP contribution in [-0.4, -0.2) is 13.2 Å². The minimum Gasteiger partial charge on any atom is -0.494 e. The number of methoxy groups -OCH3 is 1. The Morgan fingerprint density at radius 1 is 1.20 bits per heavy atom. The van der Waals surface area contributed by atoms with E-state index in [1.807, 2.05) is 24.3 Å². The summed E-state index contributed by atoms with van der Waals surface area (Å²) in [5.74, 6) is 0.200. The van der Waals surface area contributed by atoms with Gasteiger partial charge in [-0.25, -0.2) is 4.39 Å². The molecule has 106 valence electrons. The molecule has 0 heterocycles. The van der Waals surface area contributed by atoms with E-state index in [-0.39, 0.29) is 11.9 Å². The smallest absolute Gasteiger partial charge is 0.144 e. The first-order valence-corrected chi connectivity index (χ1v) is 6.81. The minimum atomic E-state index is -0.308. The second kappa shape index (κ2) is 6.62. The predicted molar refractivity (Wildman–Crippen MR) is 81.2 cm³/mol. The van der Waals surface area contributed by atoms with Crippen LogP contribution < -0.4 is 10.1 Å². The molecular formula is C16H17ClFNO. The van der Waals surface area contributed by atoms with Crippen molar-refractivity contribution in [3.05, 3.63) is 58.9 Å². The van der Waals surface area contributed by atoms with Gasteiger partial charge in [0.05, 0.1) is 12.8 Å². The number of benzene rings is 2. The summed E-state index contributed by atoms with van der Waals surface area (Å²) in [4.78, 5) is 0. The van der Waals surface area contributed by atoms with Crippen LogP contribution in [0.5, 0.6) is 5.75 Å². The fourth-order valence-corrected chi connectivity index (χ4v) is 2.20. The van der Waals surface area contributed by atoms with Gasteiger partial charge in [-0.3, -0.25) is 0 Å². The topological polar surface area (TPSA) is 21.3 Å². The van der Waals surface area contributed by atoms with Gasteiger partial charge in [-0.1, -0.05) is 23.7 Å². The lowest BCUT2D eigenvalue weighted by Gasteiger charge is -2.17. The maximum atomic E-state index is 13.1. The van der Waals surface area contributed by atoms with Gasteiger partial charge in [-0.05, 0) is 43.2 Å². The van der Waals surface area contributed by atoms with Crippen LogP contribution in [0.15, 0.2) is 42.5 Å². The molecule has 0 spiro atoms. The first-order chi connectivity index (χ1) is 9.58. The third kappa shape index (κ3) is 3.87. The second-order valence-corrected chi connectivity index (χ2v) is 5.16. The van der Waals surface area contributed by atoms with Crippen LogP contribution in [0.3, 0.4) is 0 Å². The molecule has 2 nitrogen and oxygen atoms in total. The zero-order valence-electron chi connectivity index (χ0n) is 11.5. The average molecular weight is 294 g/mol. The maximum Gasteiger partial charge on any atom is 0.144 e. The third-order valence-electron chi connectivity index (χ3n) is 3.02. The molecule has 0 aliphatic carbocycles. The summed E-state index contributed by atoms with van der Waals surface area (Å²) in [6.45, 7) is 2.07. The normalized spacial score (nSPS) is 12.0. The van der Waals surface area contributed by atoms with Gasteiger partial charge in [0.1, 0.15) is 11.6 Å². The van der Waals surface area contributed by atoms with Crippen molar-refractivity contribution < 1.29 is 9.13 Å². The molecule has 0 fully saturated rings. The molecule has 4 heteroatoms. The molecule has 0 amide bonds. The molecular weight excluding hydrogens is 277 g/mol. The van der Waals surface area contributed by atoms with E-state index in [9.17, 15) is 4.39 Å². The van der Waals surface area contributed by atoms with E-state index in [1.165, 1.54) is 24.8 Å². The van der Waals surface area contributed by atoms with E-state index in [2.05, 4.69) is 12.2 Å². The zero-order chi connectivity index (χ0) is 14.5. The average Bonchev–Trinajstić information content (AvgIpc) is 2.43. The molecule has 20 heavy (non-hydrogen) atoms. The molecule has 1 unspecified atom stereocenters. The van der Waals surface area contributed by atoms with Crippen molar-refractivity contribution in [3.8, 4) is 5.75 Å². The number of hydrogen-bond acceptors (Lipinski definition) is 2. The Kier molecular flexibility index (Phi) is 4.85. The van der Waals surface area contributed by atoms with Gasteiger partial charge in [0.2, 0.25) is 0 Å². The van der Waals surface area contributed by atoms with E-state index in [1.54, 1.807) is 6.07 Å². The summed E-state index contributed by atoms with van der Waals surface area (Å²) in [6.07, 6.45) is 0.845. The zero-order valence-corrected chi connectivity index (χ0v) is 12.2. The van der Waals surface area contributed by atoms with Crippen molar-refractivity contribution in [3.63, 3.8) is 0 Å². The predicted octanol–water partition coefficient (Wildman–Crippen LogP) is 4.53. The molecule has 1 N–H and O–H groups in total. The fourth-order valence-electron chi connectivity index (χ4n) is 2.07. The number of rotatable bonds is 5. The lowest BCUT2D eigenvalue weighted by Crippen LogP contribution is -2.18. The van der Waals surface area contributed by atoms with Gasteiger partial charge in [-0.15, -0.1) is 0 Å². The highest BCUT2D eigenvalue weighted by Gasteiger charge is 2.09. The summed E-state index contributed by atoms with van der Waals surface area (Å²) >= 11 is 5.86. The quantitative estimate of drug-likeness (QED) is 0.874. The monoisotopic (exact) mass is 293 g/mol. The van der Waals surface area contributed by atoms with Gasteiger partial charge in [0.25, 0.3) is 0 Å². The molecule has 0 saturated carbocycles. The molecule has 2 aromatic carbocycles. The van der Waals surface area contributed by atoms with Crippen LogP contribution in [0.2, 0.25) is 5.02 Å². The number of ether oxygens (including phenoxy) is 1. The Morgan fingerprint density at radius 2 is 1.90 bits per heavy atom. The van der Waals surface area contributed by atoms with Gasteiger partial charge in [0.15, 0.2) is 0 Å². The van der Waals surface area contributed by atoms with Gasteiger partial charge in [-0.2, -0.15) is 0 Å². The van der Waals surface area contributed by atoms with Crippen LogP contribution in [0.25, 0.3) is 0 Å². The van der Waals surface area contributed by atoms with Crippen LogP contribution in [-0.2, 0) is 6.42 Å². The van der Waals surface area contributed by atoms with E-state index < -0.39 is 0 Å².